The van der Waals surface area contributed by atoms with E-state index in [2.05, 4.69) is 61.4 Å². The first-order valence-electron chi connectivity index (χ1n) is 7.23. The van der Waals surface area contributed by atoms with Crippen molar-refractivity contribution < 1.29 is 0 Å². The fourth-order valence-electron chi connectivity index (χ4n) is 2.47. The van der Waals surface area contributed by atoms with Gasteiger partial charge in [-0.05, 0) is 49.4 Å². The number of benzene rings is 2. The molecule has 0 aliphatic rings. The Kier molecular flexibility index (Phi) is 4.97. The minimum absolute atomic E-state index is 0.298. The van der Waals surface area contributed by atoms with Crippen LogP contribution in [-0.4, -0.2) is 13.6 Å². The van der Waals surface area contributed by atoms with Crippen LogP contribution >= 0.6 is 0 Å². The Morgan fingerprint density at radius 3 is 2.43 bits per heavy atom. The van der Waals surface area contributed by atoms with Crippen molar-refractivity contribution in [3.63, 3.8) is 0 Å². The molecule has 2 aromatic carbocycles. The van der Waals surface area contributed by atoms with Crippen LogP contribution in [0.25, 0.3) is 0 Å². The van der Waals surface area contributed by atoms with Gasteiger partial charge in [0.2, 0.25) is 0 Å². The van der Waals surface area contributed by atoms with E-state index in [1.165, 1.54) is 11.3 Å². The van der Waals surface area contributed by atoms with Crippen molar-refractivity contribution in [2.24, 2.45) is 0 Å². The van der Waals surface area contributed by atoms with E-state index in [1.807, 2.05) is 24.3 Å². The summed E-state index contributed by atoms with van der Waals surface area (Å²) in [5.74, 6) is 0. The number of hydrogen-bond acceptors (Lipinski definition) is 3. The van der Waals surface area contributed by atoms with E-state index in [4.69, 9.17) is 5.26 Å². The fourth-order valence-corrected chi connectivity index (χ4v) is 2.47. The summed E-state index contributed by atoms with van der Waals surface area (Å²) in [4.78, 5) is 2.16. The van der Waals surface area contributed by atoms with Crippen LogP contribution in [0, 0.1) is 11.3 Å². The van der Waals surface area contributed by atoms with Gasteiger partial charge < -0.3 is 10.2 Å². The van der Waals surface area contributed by atoms with Crippen LogP contribution in [0.5, 0.6) is 0 Å². The van der Waals surface area contributed by atoms with E-state index in [0.717, 1.165) is 12.2 Å². The zero-order chi connectivity index (χ0) is 15.2. The maximum atomic E-state index is 8.89. The zero-order valence-corrected chi connectivity index (χ0v) is 12.8. The lowest BCUT2D eigenvalue weighted by Crippen LogP contribution is -2.21. The van der Waals surface area contributed by atoms with Crippen molar-refractivity contribution in [1.82, 2.24) is 5.32 Å². The molecule has 2 rings (SSSR count). The average molecular weight is 279 g/mol. The molecule has 0 fully saturated rings. The first-order chi connectivity index (χ1) is 10.2. The molecule has 0 amide bonds. The highest BCUT2D eigenvalue weighted by Crippen LogP contribution is 2.30. The minimum Gasteiger partial charge on any atom is -0.344 e. The molecule has 0 saturated carbocycles. The predicted octanol–water partition coefficient (Wildman–Crippen LogP) is 4.00. The lowest BCUT2D eigenvalue weighted by molar-refractivity contribution is 0.598. The first-order valence-corrected chi connectivity index (χ1v) is 7.23. The summed E-state index contributed by atoms with van der Waals surface area (Å²) in [5, 5.41) is 12.3. The van der Waals surface area contributed by atoms with Crippen LogP contribution < -0.4 is 10.2 Å². The van der Waals surface area contributed by atoms with Gasteiger partial charge in [-0.15, -0.1) is 0 Å². The van der Waals surface area contributed by atoms with Crippen LogP contribution in [-0.2, 0) is 0 Å². The third-order valence-electron chi connectivity index (χ3n) is 3.66. The first kappa shape index (κ1) is 15.1. The molecular formula is C18H21N3. The zero-order valence-electron chi connectivity index (χ0n) is 12.8. The molecule has 0 saturated heterocycles. The van der Waals surface area contributed by atoms with Crippen LogP contribution in [0.2, 0.25) is 0 Å². The molecule has 0 aliphatic carbocycles. The maximum Gasteiger partial charge on any atom is 0.0991 e. The van der Waals surface area contributed by atoms with Crippen molar-refractivity contribution in [2.45, 2.75) is 19.9 Å². The highest BCUT2D eigenvalue weighted by Gasteiger charge is 2.13. The number of nitriles is 1. The molecule has 1 atom stereocenters. The summed E-state index contributed by atoms with van der Waals surface area (Å²) in [6.07, 6.45) is 0. The Bertz CT molecular complexity index is 626. The van der Waals surface area contributed by atoms with Gasteiger partial charge >= 0.3 is 0 Å². The van der Waals surface area contributed by atoms with Crippen molar-refractivity contribution >= 4 is 11.4 Å². The summed E-state index contributed by atoms with van der Waals surface area (Å²) in [5.41, 5.74) is 4.20. The summed E-state index contributed by atoms with van der Waals surface area (Å²) >= 11 is 0. The quantitative estimate of drug-likeness (QED) is 0.899. The Balaban J connectivity index is 2.34. The van der Waals surface area contributed by atoms with Gasteiger partial charge in [0.1, 0.15) is 0 Å². The Morgan fingerprint density at radius 1 is 1.14 bits per heavy atom. The van der Waals surface area contributed by atoms with Gasteiger partial charge in [-0.25, -0.2) is 0 Å². The van der Waals surface area contributed by atoms with Crippen molar-refractivity contribution in [3.05, 3.63) is 59.7 Å². The molecular weight excluding hydrogens is 258 g/mol. The lowest BCUT2D eigenvalue weighted by atomic mass is 10.0. The molecule has 2 aromatic rings. The molecule has 0 aliphatic heterocycles. The van der Waals surface area contributed by atoms with Gasteiger partial charge in [0.15, 0.2) is 0 Å². The average Bonchev–Trinajstić information content (AvgIpc) is 2.54. The van der Waals surface area contributed by atoms with Gasteiger partial charge in [-0.3, -0.25) is 0 Å². The number of para-hydroxylation sites is 1. The summed E-state index contributed by atoms with van der Waals surface area (Å²) in [7, 11) is 2.05. The van der Waals surface area contributed by atoms with Gasteiger partial charge in [-0.1, -0.05) is 25.1 Å². The van der Waals surface area contributed by atoms with Crippen LogP contribution in [0.15, 0.2) is 48.5 Å². The summed E-state index contributed by atoms with van der Waals surface area (Å²) in [6.45, 7) is 5.23. The number of rotatable bonds is 5. The summed E-state index contributed by atoms with van der Waals surface area (Å²) in [6, 6.07) is 18.5. The number of hydrogen-bond donors (Lipinski definition) is 1. The van der Waals surface area contributed by atoms with E-state index in [1.54, 1.807) is 0 Å². The van der Waals surface area contributed by atoms with Gasteiger partial charge in [0.05, 0.1) is 11.6 Å². The molecule has 1 unspecified atom stereocenters. The highest BCUT2D eigenvalue weighted by molar-refractivity contribution is 5.66. The molecule has 3 nitrogen and oxygen atoms in total. The molecule has 0 aromatic heterocycles. The molecule has 21 heavy (non-hydrogen) atoms. The number of nitrogens with one attached hydrogen (secondary N) is 1. The largest absolute Gasteiger partial charge is 0.344 e. The molecule has 108 valence electrons. The monoisotopic (exact) mass is 279 g/mol. The SMILES string of the molecule is CCNC(C)c1ccccc1N(C)c1ccc(C#N)cc1. The Labute approximate surface area is 126 Å². The molecule has 1 N–H and O–H groups in total. The van der Waals surface area contributed by atoms with Crippen LogP contribution in [0.3, 0.4) is 0 Å². The van der Waals surface area contributed by atoms with Gasteiger partial charge in [-0.2, -0.15) is 5.26 Å². The number of nitrogens with zero attached hydrogens (tertiary/aromatic N) is 2. The number of anilines is 2. The second-order valence-corrected chi connectivity index (χ2v) is 5.06. The molecule has 0 radical (unpaired) electrons. The standard InChI is InChI=1S/C18H21N3/c1-4-20-14(2)17-7-5-6-8-18(17)21(3)16-11-9-15(13-19)10-12-16/h5-12,14,20H,4H2,1-3H3. The topological polar surface area (TPSA) is 39.1 Å². The van der Waals surface area contributed by atoms with E-state index in [0.29, 0.717) is 11.6 Å². The second kappa shape index (κ2) is 6.92. The minimum atomic E-state index is 0.298. The highest BCUT2D eigenvalue weighted by atomic mass is 15.1. The fraction of sp³-hybridized carbons (Fsp3) is 0.278. The predicted molar refractivity (Wildman–Crippen MR) is 87.8 cm³/mol. The smallest absolute Gasteiger partial charge is 0.0991 e. The third kappa shape index (κ3) is 3.42. The van der Waals surface area contributed by atoms with Crippen molar-refractivity contribution in [3.8, 4) is 6.07 Å². The van der Waals surface area contributed by atoms with Crippen molar-refractivity contribution in [1.29, 1.82) is 5.26 Å². The van der Waals surface area contributed by atoms with Crippen LogP contribution in [0.1, 0.15) is 31.0 Å². The van der Waals surface area contributed by atoms with Crippen molar-refractivity contribution in [2.75, 3.05) is 18.5 Å². The lowest BCUT2D eigenvalue weighted by Gasteiger charge is -2.25. The third-order valence-corrected chi connectivity index (χ3v) is 3.66. The molecule has 0 spiro atoms. The second-order valence-electron chi connectivity index (χ2n) is 5.06. The van der Waals surface area contributed by atoms with Crippen LogP contribution in [0.4, 0.5) is 11.4 Å². The Morgan fingerprint density at radius 2 is 1.81 bits per heavy atom. The Hall–Kier alpha value is -2.31. The van der Waals surface area contributed by atoms with Gasteiger partial charge in [0.25, 0.3) is 0 Å². The van der Waals surface area contributed by atoms with E-state index >= 15 is 0 Å². The summed E-state index contributed by atoms with van der Waals surface area (Å²) < 4.78 is 0. The normalized spacial score (nSPS) is 11.7. The molecule has 0 heterocycles. The molecule has 3 heteroatoms. The van der Waals surface area contributed by atoms with E-state index < -0.39 is 0 Å². The molecule has 0 bridgehead atoms. The van der Waals surface area contributed by atoms with E-state index in [-0.39, 0.29) is 0 Å². The van der Waals surface area contributed by atoms with E-state index in [9.17, 15) is 0 Å². The van der Waals surface area contributed by atoms with Gasteiger partial charge in [0, 0.05) is 24.5 Å². The maximum absolute atomic E-state index is 8.89.